The monoisotopic (exact) mass is 384 g/mol. The van der Waals surface area contributed by atoms with Crippen molar-refractivity contribution < 1.29 is 17.4 Å². The molecule has 1 amide bonds. The first-order valence-corrected chi connectivity index (χ1v) is 10.0. The van der Waals surface area contributed by atoms with Crippen molar-refractivity contribution in [2.45, 2.75) is 43.5 Å². The van der Waals surface area contributed by atoms with Crippen LogP contribution in [0.15, 0.2) is 47.4 Å². The van der Waals surface area contributed by atoms with Gasteiger partial charge < -0.3 is 9.50 Å². The van der Waals surface area contributed by atoms with Crippen LogP contribution >= 0.6 is 0 Å². The molecular formula is C20H20N2O4S. The van der Waals surface area contributed by atoms with Crippen LogP contribution < -0.4 is 9.50 Å². The van der Waals surface area contributed by atoms with Gasteiger partial charge in [0.2, 0.25) is 0 Å². The van der Waals surface area contributed by atoms with E-state index in [2.05, 4.69) is 11.4 Å². The summed E-state index contributed by atoms with van der Waals surface area (Å²) in [5, 5.41) is 11.9. The maximum atomic E-state index is 12.5. The van der Waals surface area contributed by atoms with Gasteiger partial charge in [0.1, 0.15) is 16.2 Å². The van der Waals surface area contributed by atoms with Gasteiger partial charge in [-0.15, -0.1) is 0 Å². The molecule has 6 nitrogen and oxygen atoms in total. The second-order valence-electron chi connectivity index (χ2n) is 6.83. The van der Waals surface area contributed by atoms with Crippen molar-refractivity contribution in [1.82, 2.24) is 5.32 Å². The number of benzene rings is 2. The van der Waals surface area contributed by atoms with Gasteiger partial charge in [-0.3, -0.25) is 4.79 Å². The minimum atomic E-state index is -3.97. The molecular weight excluding hydrogens is 364 g/mol. The van der Waals surface area contributed by atoms with E-state index in [-0.39, 0.29) is 16.6 Å². The highest BCUT2D eigenvalue weighted by atomic mass is 32.2. The molecule has 0 atom stereocenters. The maximum absolute atomic E-state index is 12.5. The topological polar surface area (TPSA) is 96.3 Å². The Kier molecular flexibility index (Phi) is 4.94. The second kappa shape index (κ2) is 7.05. The Labute approximate surface area is 158 Å². The number of carbonyl (C=O) groups excluding carboxylic acids is 1. The minimum Gasteiger partial charge on any atom is -0.379 e. The molecule has 0 aromatic heterocycles. The normalized spacial score (nSPS) is 15.3. The highest BCUT2D eigenvalue weighted by Gasteiger charge is 2.38. The molecule has 0 radical (unpaired) electrons. The average Bonchev–Trinajstić information content (AvgIpc) is 2.60. The van der Waals surface area contributed by atoms with Gasteiger partial charge in [0.15, 0.2) is 0 Å². The summed E-state index contributed by atoms with van der Waals surface area (Å²) in [5.41, 5.74) is 0.974. The fourth-order valence-electron chi connectivity index (χ4n) is 2.89. The molecule has 0 unspecified atom stereocenters. The van der Waals surface area contributed by atoms with Gasteiger partial charge in [0.25, 0.3) is 5.91 Å². The number of nitrogens with zero attached hydrogens (tertiary/aromatic N) is 1. The van der Waals surface area contributed by atoms with Gasteiger partial charge in [-0.1, -0.05) is 12.1 Å². The van der Waals surface area contributed by atoms with Gasteiger partial charge in [-0.2, -0.15) is 13.7 Å². The smallest absolute Gasteiger partial charge is 0.339 e. The van der Waals surface area contributed by atoms with Crippen LogP contribution in [0, 0.1) is 25.2 Å². The highest BCUT2D eigenvalue weighted by Crippen LogP contribution is 2.31. The molecule has 0 heterocycles. The van der Waals surface area contributed by atoms with Crippen LogP contribution in [0.2, 0.25) is 0 Å². The number of aryl methyl sites for hydroxylation is 2. The predicted octanol–water partition coefficient (Wildman–Crippen LogP) is 3.25. The lowest BCUT2D eigenvalue weighted by molar-refractivity contribution is 0.0881. The van der Waals surface area contributed by atoms with E-state index in [0.717, 1.165) is 12.0 Å². The van der Waals surface area contributed by atoms with E-state index in [1.807, 2.05) is 13.0 Å². The molecule has 0 bridgehead atoms. The Hall–Kier alpha value is -2.85. The summed E-state index contributed by atoms with van der Waals surface area (Å²) in [5.74, 6) is -0.244. The minimum absolute atomic E-state index is 0.116. The summed E-state index contributed by atoms with van der Waals surface area (Å²) in [7, 11) is -3.97. The molecule has 27 heavy (non-hydrogen) atoms. The zero-order chi connectivity index (χ0) is 19.7. The van der Waals surface area contributed by atoms with Crippen LogP contribution in [0.5, 0.6) is 5.75 Å². The zero-order valence-electron chi connectivity index (χ0n) is 15.2. The van der Waals surface area contributed by atoms with Crippen molar-refractivity contribution in [2.24, 2.45) is 0 Å². The van der Waals surface area contributed by atoms with Gasteiger partial charge >= 0.3 is 10.1 Å². The Morgan fingerprint density at radius 2 is 1.81 bits per heavy atom. The van der Waals surface area contributed by atoms with E-state index in [9.17, 15) is 18.5 Å². The largest absolute Gasteiger partial charge is 0.379 e. The van der Waals surface area contributed by atoms with E-state index in [0.29, 0.717) is 24.0 Å². The van der Waals surface area contributed by atoms with Crippen LogP contribution in [0.25, 0.3) is 0 Å². The Morgan fingerprint density at radius 1 is 1.15 bits per heavy atom. The number of nitriles is 1. The van der Waals surface area contributed by atoms with Crippen molar-refractivity contribution >= 4 is 16.0 Å². The summed E-state index contributed by atoms with van der Waals surface area (Å²) in [6.45, 7) is 3.51. The van der Waals surface area contributed by atoms with Gasteiger partial charge in [0.05, 0.1) is 6.07 Å². The average molecular weight is 384 g/mol. The first kappa shape index (κ1) is 18.9. The maximum Gasteiger partial charge on any atom is 0.339 e. The fourth-order valence-corrected chi connectivity index (χ4v) is 4.14. The third kappa shape index (κ3) is 3.96. The molecule has 0 saturated heterocycles. The number of rotatable bonds is 5. The fraction of sp³-hybridized carbons (Fsp3) is 0.300. The summed E-state index contributed by atoms with van der Waals surface area (Å²) in [6, 6.07) is 13.1. The number of nitrogens with one attached hydrogen (secondary N) is 1. The molecule has 140 valence electrons. The summed E-state index contributed by atoms with van der Waals surface area (Å²) in [6.07, 6.45) is 2.20. The van der Waals surface area contributed by atoms with Crippen molar-refractivity contribution in [3.63, 3.8) is 0 Å². The molecule has 7 heteroatoms. The van der Waals surface area contributed by atoms with Crippen molar-refractivity contribution in [3.05, 3.63) is 59.2 Å². The Balaban J connectivity index is 1.75. The van der Waals surface area contributed by atoms with Gasteiger partial charge in [-0.25, -0.2) is 0 Å². The van der Waals surface area contributed by atoms with E-state index >= 15 is 0 Å². The van der Waals surface area contributed by atoms with Gasteiger partial charge in [0, 0.05) is 5.56 Å². The lowest BCUT2D eigenvalue weighted by Gasteiger charge is -2.35. The van der Waals surface area contributed by atoms with E-state index < -0.39 is 15.7 Å². The number of carbonyl (C=O) groups is 1. The molecule has 0 spiro atoms. The molecule has 3 rings (SSSR count). The summed E-state index contributed by atoms with van der Waals surface area (Å²) < 4.78 is 30.3. The number of hydrogen-bond donors (Lipinski definition) is 1. The van der Waals surface area contributed by atoms with Crippen LogP contribution in [0.3, 0.4) is 0 Å². The molecule has 2 aromatic rings. The van der Waals surface area contributed by atoms with E-state index in [1.165, 1.54) is 24.3 Å². The molecule has 1 aliphatic rings. The first-order chi connectivity index (χ1) is 12.7. The third-order valence-corrected chi connectivity index (χ3v) is 6.10. The van der Waals surface area contributed by atoms with Crippen LogP contribution in [0.4, 0.5) is 0 Å². The van der Waals surface area contributed by atoms with Crippen LogP contribution in [0.1, 0.15) is 40.7 Å². The third-order valence-electron chi connectivity index (χ3n) is 4.71. The lowest BCUT2D eigenvalue weighted by Crippen LogP contribution is -2.52. The summed E-state index contributed by atoms with van der Waals surface area (Å²) in [4.78, 5) is 12.4. The predicted molar refractivity (Wildman–Crippen MR) is 99.8 cm³/mol. The number of amides is 1. The standard InChI is InChI=1S/C20H20N2O4S/c1-14-4-5-15(2)18(12-14)27(24,25)26-17-8-6-16(7-9-17)19(23)22-20(13-21)10-3-11-20/h4-9,12H,3,10-11H2,1-2H3,(H,22,23). The van der Waals surface area contributed by atoms with Crippen molar-refractivity contribution in [2.75, 3.05) is 0 Å². The Bertz CT molecular complexity index is 1020. The first-order valence-electron chi connectivity index (χ1n) is 8.60. The van der Waals surface area contributed by atoms with Crippen molar-refractivity contribution in [1.29, 1.82) is 5.26 Å². The molecule has 1 saturated carbocycles. The quantitative estimate of drug-likeness (QED) is 0.798. The molecule has 0 aliphatic heterocycles. The molecule has 1 N–H and O–H groups in total. The second-order valence-corrected chi connectivity index (χ2v) is 8.35. The zero-order valence-corrected chi connectivity index (χ0v) is 16.0. The SMILES string of the molecule is Cc1ccc(C)c(S(=O)(=O)Oc2ccc(C(=O)NC3(C#N)CCC3)cc2)c1. The molecule has 1 aliphatic carbocycles. The van der Waals surface area contributed by atoms with Crippen LogP contribution in [-0.2, 0) is 10.1 Å². The van der Waals surface area contributed by atoms with E-state index in [1.54, 1.807) is 19.1 Å². The van der Waals surface area contributed by atoms with Crippen LogP contribution in [-0.4, -0.2) is 19.9 Å². The highest BCUT2D eigenvalue weighted by molar-refractivity contribution is 7.87. The van der Waals surface area contributed by atoms with Crippen molar-refractivity contribution in [3.8, 4) is 11.8 Å². The molecule has 1 fully saturated rings. The van der Waals surface area contributed by atoms with E-state index in [4.69, 9.17) is 4.18 Å². The number of hydrogen-bond acceptors (Lipinski definition) is 5. The molecule has 2 aromatic carbocycles. The van der Waals surface area contributed by atoms with Gasteiger partial charge in [-0.05, 0) is 74.6 Å². The Morgan fingerprint density at radius 3 is 2.37 bits per heavy atom. The lowest BCUT2D eigenvalue weighted by atomic mass is 9.78. The summed E-state index contributed by atoms with van der Waals surface area (Å²) >= 11 is 0.